The van der Waals surface area contributed by atoms with Crippen LogP contribution in [0.2, 0.25) is 0 Å². The molecule has 21 heavy (non-hydrogen) atoms. The van der Waals surface area contributed by atoms with Gasteiger partial charge in [0.2, 0.25) is 0 Å². The van der Waals surface area contributed by atoms with Gasteiger partial charge in [0.05, 0.1) is 5.54 Å². The number of hydrazine groups is 2. The van der Waals surface area contributed by atoms with Gasteiger partial charge in [-0.1, -0.05) is 41.5 Å². The molecule has 0 rings (SSSR count). The molecule has 0 fully saturated rings. The molecule has 0 bridgehead atoms. The number of hydrogen-bond acceptors (Lipinski definition) is 4. The van der Waals surface area contributed by atoms with Crippen molar-refractivity contribution < 1.29 is 22.4 Å². The third-order valence-corrected chi connectivity index (χ3v) is 4.04. The van der Waals surface area contributed by atoms with Gasteiger partial charge < -0.3 is 4.90 Å². The molecule has 0 N–H and O–H groups in total. The molecule has 4 nitrogen and oxygen atoms in total. The minimum Gasteiger partial charge on any atom is -0.302 e. The van der Waals surface area contributed by atoms with E-state index in [1.165, 1.54) is 0 Å². The molecule has 0 aromatic heterocycles. The molecule has 0 aromatic carbocycles. The van der Waals surface area contributed by atoms with Crippen LogP contribution >= 0.6 is 0 Å². The molecule has 5 heteroatoms. The molecule has 0 saturated carbocycles. The number of rotatable bonds is 11. The van der Waals surface area contributed by atoms with E-state index in [0.717, 1.165) is 45.8 Å². The van der Waals surface area contributed by atoms with Gasteiger partial charge in [-0.2, -0.15) is 5.12 Å². The molecule has 0 unspecified atom stereocenters. The van der Waals surface area contributed by atoms with Crippen molar-refractivity contribution in [1.82, 2.24) is 20.0 Å². The maximum atomic E-state index is 2.51. The standard InChI is InChI=1S/C16H38N4.Ta/c1-9-17(10-2)15-16(7,8)20(18(11-3)12-4)19(13-5)14-6;/h9-15H2,1-8H3;. The van der Waals surface area contributed by atoms with Crippen LogP contribution < -0.4 is 0 Å². The van der Waals surface area contributed by atoms with Crippen LogP contribution in [0, 0.1) is 0 Å². The zero-order valence-corrected chi connectivity index (χ0v) is 18.9. The third kappa shape index (κ3) is 7.12. The summed E-state index contributed by atoms with van der Waals surface area (Å²) >= 11 is 0. The van der Waals surface area contributed by atoms with Crippen molar-refractivity contribution in [3.05, 3.63) is 0 Å². The van der Waals surface area contributed by atoms with Gasteiger partial charge in [0.1, 0.15) is 0 Å². The molecule has 0 amide bonds. The number of hydrogen-bond donors (Lipinski definition) is 0. The van der Waals surface area contributed by atoms with E-state index in [0.29, 0.717) is 0 Å². The van der Waals surface area contributed by atoms with E-state index in [-0.39, 0.29) is 27.9 Å². The van der Waals surface area contributed by atoms with E-state index >= 15 is 0 Å². The predicted octanol–water partition coefficient (Wildman–Crippen LogP) is 2.92. The van der Waals surface area contributed by atoms with Gasteiger partial charge in [0.15, 0.2) is 0 Å². The second kappa shape index (κ2) is 12.1. The van der Waals surface area contributed by atoms with E-state index < -0.39 is 0 Å². The van der Waals surface area contributed by atoms with Gasteiger partial charge in [-0.15, -0.1) is 0 Å². The Morgan fingerprint density at radius 3 is 1.19 bits per heavy atom. The van der Waals surface area contributed by atoms with E-state index in [4.69, 9.17) is 0 Å². The van der Waals surface area contributed by atoms with Crippen molar-refractivity contribution >= 4 is 0 Å². The Morgan fingerprint density at radius 1 is 0.619 bits per heavy atom. The Balaban J connectivity index is 0. The zero-order chi connectivity index (χ0) is 15.8. The van der Waals surface area contributed by atoms with Crippen molar-refractivity contribution in [2.24, 2.45) is 0 Å². The van der Waals surface area contributed by atoms with Crippen LogP contribution in [0.1, 0.15) is 55.4 Å². The van der Waals surface area contributed by atoms with Crippen LogP contribution in [0.25, 0.3) is 0 Å². The average molecular weight is 467 g/mol. The van der Waals surface area contributed by atoms with Crippen molar-refractivity contribution in [1.29, 1.82) is 0 Å². The summed E-state index contributed by atoms with van der Waals surface area (Å²) in [6.07, 6.45) is 0. The molecule has 0 aliphatic heterocycles. The molecule has 0 aliphatic carbocycles. The molecule has 0 heterocycles. The van der Waals surface area contributed by atoms with E-state index in [9.17, 15) is 0 Å². The van der Waals surface area contributed by atoms with Gasteiger partial charge in [0, 0.05) is 55.1 Å². The minimum absolute atomic E-state index is 0. The Morgan fingerprint density at radius 2 is 0.952 bits per heavy atom. The van der Waals surface area contributed by atoms with Gasteiger partial charge in [-0.25, -0.2) is 10.0 Å². The molecule has 127 valence electrons. The first-order chi connectivity index (χ1) is 9.41. The topological polar surface area (TPSA) is 13.0 Å². The molecule has 0 atom stereocenters. The SMILES string of the molecule is CCN(CC)CC(C)(C)N(N(CC)CC)N(CC)CC.[Ta]. The summed E-state index contributed by atoms with van der Waals surface area (Å²) in [4.78, 5) is 2.51. The predicted molar refractivity (Wildman–Crippen MR) is 89.5 cm³/mol. The Labute approximate surface area is 149 Å². The third-order valence-electron chi connectivity index (χ3n) is 4.04. The summed E-state index contributed by atoms with van der Waals surface area (Å²) < 4.78 is 0. The van der Waals surface area contributed by atoms with Crippen molar-refractivity contribution in [3.63, 3.8) is 0 Å². The van der Waals surface area contributed by atoms with Crippen molar-refractivity contribution in [2.45, 2.75) is 60.9 Å². The minimum atomic E-state index is 0. The van der Waals surface area contributed by atoms with E-state index in [1.807, 2.05) is 0 Å². The molecule has 1 radical (unpaired) electrons. The fourth-order valence-electron chi connectivity index (χ4n) is 2.99. The fraction of sp³-hybridized carbons (Fsp3) is 1.00. The molecular formula is C16H38N4Ta. The van der Waals surface area contributed by atoms with Gasteiger partial charge in [0.25, 0.3) is 0 Å². The Bertz CT molecular complexity index is 224. The second-order valence-corrected chi connectivity index (χ2v) is 5.84. The molecule has 0 aliphatic rings. The Hall–Kier alpha value is 0.580. The molecule has 0 saturated heterocycles. The Kier molecular flexibility index (Phi) is 13.7. The molecule has 0 aromatic rings. The van der Waals surface area contributed by atoms with Gasteiger partial charge >= 0.3 is 0 Å². The monoisotopic (exact) mass is 467 g/mol. The summed E-state index contributed by atoms with van der Waals surface area (Å²) in [7, 11) is 0. The molecule has 0 spiro atoms. The summed E-state index contributed by atoms with van der Waals surface area (Å²) in [5.41, 5.74) is 0.101. The van der Waals surface area contributed by atoms with Crippen molar-refractivity contribution in [3.8, 4) is 0 Å². The van der Waals surface area contributed by atoms with Crippen LogP contribution in [0.15, 0.2) is 0 Å². The zero-order valence-electron chi connectivity index (χ0n) is 15.7. The quantitative estimate of drug-likeness (QED) is 0.434. The number of nitrogens with zero attached hydrogens (tertiary/aromatic N) is 4. The average Bonchev–Trinajstić information content (AvgIpc) is 2.45. The summed E-state index contributed by atoms with van der Waals surface area (Å²) in [6.45, 7) is 25.7. The van der Waals surface area contributed by atoms with Gasteiger partial charge in [-0.3, -0.25) is 0 Å². The summed E-state index contributed by atoms with van der Waals surface area (Å²) in [6, 6.07) is 0. The summed E-state index contributed by atoms with van der Waals surface area (Å²) in [5.74, 6) is 0. The first kappa shape index (κ1) is 23.8. The normalized spacial score (nSPS) is 12.6. The van der Waals surface area contributed by atoms with E-state index in [1.54, 1.807) is 0 Å². The molecular weight excluding hydrogens is 429 g/mol. The summed E-state index contributed by atoms with van der Waals surface area (Å²) in [5, 5.41) is 7.41. The maximum absolute atomic E-state index is 2.51. The van der Waals surface area contributed by atoms with Crippen LogP contribution in [0.3, 0.4) is 0 Å². The van der Waals surface area contributed by atoms with Crippen molar-refractivity contribution in [2.75, 3.05) is 45.8 Å². The van der Waals surface area contributed by atoms with Crippen LogP contribution in [-0.4, -0.2) is 71.4 Å². The first-order valence-corrected chi connectivity index (χ1v) is 8.43. The smallest absolute Gasteiger partial charge is 0.0585 e. The van der Waals surface area contributed by atoms with E-state index in [2.05, 4.69) is 75.4 Å². The fourth-order valence-corrected chi connectivity index (χ4v) is 2.99. The second-order valence-electron chi connectivity index (χ2n) is 5.84. The van der Waals surface area contributed by atoms with Gasteiger partial charge in [-0.05, 0) is 26.9 Å². The van der Waals surface area contributed by atoms with Crippen LogP contribution in [-0.2, 0) is 22.4 Å². The maximum Gasteiger partial charge on any atom is 0.0585 e. The van der Waals surface area contributed by atoms with Crippen LogP contribution in [0.5, 0.6) is 0 Å². The van der Waals surface area contributed by atoms with Crippen LogP contribution in [0.4, 0.5) is 0 Å². The largest absolute Gasteiger partial charge is 0.302 e. The number of likely N-dealkylation sites (N-methyl/N-ethyl adjacent to an activating group) is 1. The first-order valence-electron chi connectivity index (χ1n) is 8.43.